The van der Waals surface area contributed by atoms with Gasteiger partial charge in [0.05, 0.1) is 11.0 Å². The second-order valence-electron chi connectivity index (χ2n) is 18.2. The van der Waals surface area contributed by atoms with E-state index in [0.29, 0.717) is 17.5 Å². The van der Waals surface area contributed by atoms with E-state index >= 15 is 0 Å². The van der Waals surface area contributed by atoms with E-state index < -0.39 is 0 Å². The molecule has 15 rings (SSSR count). The first-order valence-corrected chi connectivity index (χ1v) is 23.6. The molecule has 1 aliphatic carbocycles. The molecule has 0 fully saturated rings. The Kier molecular flexibility index (Phi) is 8.09. The van der Waals surface area contributed by atoms with Crippen molar-refractivity contribution < 1.29 is 8.83 Å². The number of hydrogen-bond acceptors (Lipinski definition) is 5. The molecular weight excluding hydrogens is 845 g/mol. The van der Waals surface area contributed by atoms with E-state index in [-0.39, 0.29) is 0 Å². The van der Waals surface area contributed by atoms with Crippen LogP contribution in [0.4, 0.5) is 0 Å². The Labute approximate surface area is 395 Å². The molecule has 0 bridgehead atoms. The zero-order chi connectivity index (χ0) is 45.2. The van der Waals surface area contributed by atoms with Crippen LogP contribution in [-0.4, -0.2) is 19.5 Å². The summed E-state index contributed by atoms with van der Waals surface area (Å²) in [6.45, 7) is 0. The first kappa shape index (κ1) is 38.0. The van der Waals surface area contributed by atoms with Crippen LogP contribution < -0.4 is 0 Å². The molecule has 6 nitrogen and oxygen atoms in total. The van der Waals surface area contributed by atoms with E-state index in [1.54, 1.807) is 0 Å². The Morgan fingerprint density at radius 1 is 0.406 bits per heavy atom. The van der Waals surface area contributed by atoms with E-state index in [1.807, 2.05) is 36.4 Å². The Hall–Kier alpha value is -9.13. The van der Waals surface area contributed by atoms with E-state index in [1.165, 1.54) is 43.4 Å². The molecule has 4 aromatic heterocycles. The summed E-state index contributed by atoms with van der Waals surface area (Å²) in [6.07, 6.45) is 3.85. The van der Waals surface area contributed by atoms with Crippen molar-refractivity contribution in [3.8, 4) is 39.6 Å². The molecule has 0 N–H and O–H groups in total. The van der Waals surface area contributed by atoms with Gasteiger partial charge in [0.2, 0.25) is 0 Å². The first-order valence-electron chi connectivity index (χ1n) is 23.6. The second kappa shape index (κ2) is 14.7. The van der Waals surface area contributed by atoms with Crippen molar-refractivity contribution >= 4 is 92.6 Å². The Balaban J connectivity index is 0.975. The number of aromatic nitrogens is 4. The molecule has 0 spiro atoms. The number of nitrogens with zero attached hydrogens (tertiary/aromatic N) is 4. The summed E-state index contributed by atoms with van der Waals surface area (Å²) >= 11 is 0. The molecular formula is C63H38N4O2. The smallest absolute Gasteiger partial charge is 0.164 e. The third-order valence-corrected chi connectivity index (χ3v) is 14.2. The maximum Gasteiger partial charge on any atom is 0.164 e. The molecule has 0 aliphatic heterocycles. The number of hydrogen-bond donors (Lipinski definition) is 0. The number of allylic oxidation sites excluding steroid dienone is 1. The van der Waals surface area contributed by atoms with E-state index in [2.05, 4.69) is 174 Å². The molecule has 6 heteroatoms. The van der Waals surface area contributed by atoms with Crippen molar-refractivity contribution in [3.05, 3.63) is 223 Å². The van der Waals surface area contributed by atoms with Crippen LogP contribution in [0.2, 0.25) is 0 Å². The fourth-order valence-electron chi connectivity index (χ4n) is 11.1. The van der Waals surface area contributed by atoms with Crippen LogP contribution in [0, 0.1) is 0 Å². The highest BCUT2D eigenvalue weighted by Crippen LogP contribution is 2.45. The minimum absolute atomic E-state index is 0.580. The lowest BCUT2D eigenvalue weighted by Crippen LogP contribution is -2.07. The average molecular weight is 883 g/mol. The molecule has 0 unspecified atom stereocenters. The highest BCUT2D eigenvalue weighted by molar-refractivity contribution is 6.21. The van der Waals surface area contributed by atoms with Gasteiger partial charge in [0.1, 0.15) is 22.5 Å². The van der Waals surface area contributed by atoms with Crippen LogP contribution in [0.3, 0.4) is 0 Å². The normalized spacial score (nSPS) is 12.9. The zero-order valence-electron chi connectivity index (χ0n) is 37.1. The van der Waals surface area contributed by atoms with Crippen LogP contribution in [0.15, 0.2) is 215 Å². The molecule has 0 radical (unpaired) electrons. The highest BCUT2D eigenvalue weighted by Gasteiger charge is 2.28. The quantitative estimate of drug-likeness (QED) is 0.172. The van der Waals surface area contributed by atoms with Gasteiger partial charge >= 0.3 is 0 Å². The molecule has 0 saturated carbocycles. The van der Waals surface area contributed by atoms with Crippen LogP contribution in [0.5, 0.6) is 0 Å². The molecule has 4 heterocycles. The van der Waals surface area contributed by atoms with Gasteiger partial charge < -0.3 is 13.4 Å². The Bertz CT molecular complexity index is 4500. The molecule has 14 aromatic rings. The largest absolute Gasteiger partial charge is 0.460 e. The van der Waals surface area contributed by atoms with Gasteiger partial charge in [-0.1, -0.05) is 158 Å². The van der Waals surface area contributed by atoms with E-state index in [0.717, 1.165) is 101 Å². The van der Waals surface area contributed by atoms with Crippen molar-refractivity contribution in [1.82, 2.24) is 19.5 Å². The third kappa shape index (κ3) is 5.82. The summed E-state index contributed by atoms with van der Waals surface area (Å²) in [6, 6.07) is 71.0. The van der Waals surface area contributed by atoms with Crippen LogP contribution >= 0.6 is 0 Å². The summed E-state index contributed by atoms with van der Waals surface area (Å²) in [5.74, 6) is 2.71. The molecule has 1 aliphatic rings. The van der Waals surface area contributed by atoms with Crippen molar-refractivity contribution in [2.45, 2.75) is 12.8 Å². The molecule has 69 heavy (non-hydrogen) atoms. The Morgan fingerprint density at radius 2 is 1.09 bits per heavy atom. The number of benzene rings is 10. The molecule has 0 saturated heterocycles. The first-order chi connectivity index (χ1) is 34.2. The van der Waals surface area contributed by atoms with Gasteiger partial charge in [0.25, 0.3) is 0 Å². The lowest BCUT2D eigenvalue weighted by atomic mass is 9.91. The van der Waals surface area contributed by atoms with Crippen LogP contribution in [0.25, 0.3) is 132 Å². The maximum absolute atomic E-state index is 6.89. The van der Waals surface area contributed by atoms with Gasteiger partial charge in [0, 0.05) is 66.7 Å². The zero-order valence-corrected chi connectivity index (χ0v) is 37.1. The van der Waals surface area contributed by atoms with Gasteiger partial charge in [-0.3, -0.25) is 0 Å². The van der Waals surface area contributed by atoms with Gasteiger partial charge in [-0.25, -0.2) is 15.0 Å². The van der Waals surface area contributed by atoms with Crippen molar-refractivity contribution in [3.63, 3.8) is 0 Å². The Morgan fingerprint density at radius 3 is 2.00 bits per heavy atom. The summed E-state index contributed by atoms with van der Waals surface area (Å²) < 4.78 is 15.7. The summed E-state index contributed by atoms with van der Waals surface area (Å²) in [5, 5.41) is 12.6. The molecule has 0 atom stereocenters. The fourth-order valence-corrected chi connectivity index (χ4v) is 11.1. The summed E-state index contributed by atoms with van der Waals surface area (Å²) in [4.78, 5) is 16.2. The number of aryl methyl sites for hydroxylation is 1. The lowest BCUT2D eigenvalue weighted by molar-refractivity contribution is 0.545. The average Bonchev–Trinajstić information content (AvgIpc) is 4.10. The second-order valence-corrected chi connectivity index (χ2v) is 18.2. The van der Waals surface area contributed by atoms with Crippen molar-refractivity contribution in [2.24, 2.45) is 0 Å². The minimum atomic E-state index is 0.580. The highest BCUT2D eigenvalue weighted by atomic mass is 16.3. The van der Waals surface area contributed by atoms with Crippen LogP contribution in [0.1, 0.15) is 23.6 Å². The number of rotatable bonds is 5. The summed E-state index contributed by atoms with van der Waals surface area (Å²) in [7, 11) is 0. The monoisotopic (exact) mass is 882 g/mol. The maximum atomic E-state index is 6.89. The number of fused-ring (bicyclic) bond motifs is 14. The molecule has 322 valence electrons. The molecule has 10 aromatic carbocycles. The van der Waals surface area contributed by atoms with Gasteiger partial charge in [-0.15, -0.1) is 0 Å². The van der Waals surface area contributed by atoms with Gasteiger partial charge in [0.15, 0.2) is 17.5 Å². The minimum Gasteiger partial charge on any atom is -0.460 e. The van der Waals surface area contributed by atoms with Crippen molar-refractivity contribution in [1.29, 1.82) is 0 Å². The topological polar surface area (TPSA) is 69.9 Å². The van der Waals surface area contributed by atoms with E-state index in [9.17, 15) is 0 Å². The third-order valence-electron chi connectivity index (χ3n) is 14.2. The summed E-state index contributed by atoms with van der Waals surface area (Å²) in [5.41, 5.74) is 11.9. The standard InChI is InChI=1S/C63H38N4O2/c1-2-13-37(14-3-1)40-18-10-19-43(33-40)61-64-62(48-22-11-25-54-57(48)47-21-8-9-24-53(47)68-54)66-63(65-61)49-23-12-26-55-58(49)59-50-36-44(30-27-39(50)29-32-56(59)69-55)67-52-35-42-17-5-4-16-41(42)34-51(52)46-31-28-38-15-6-7-20-45(38)60(46)67/h1-11,13-25,27-36H,12,26H2. The fraction of sp³-hybridized carbons (Fsp3) is 0.0317. The van der Waals surface area contributed by atoms with Crippen LogP contribution in [-0.2, 0) is 6.42 Å². The van der Waals surface area contributed by atoms with E-state index in [4.69, 9.17) is 23.8 Å². The SMILES string of the molecule is C1=C(c2nc(-c3cccc(-c4ccccc4)c3)nc(-c3cccc4oc5ccccc5c34)n2)c2c(oc3ccc4ccc(-n5c6cc7ccccc7cc6c6ccc7ccccc7c65)cc4c23)CC1. The predicted molar refractivity (Wildman–Crippen MR) is 282 cm³/mol. The van der Waals surface area contributed by atoms with Gasteiger partial charge in [-0.05, 0) is 93.0 Å². The van der Waals surface area contributed by atoms with Gasteiger partial charge in [-0.2, -0.15) is 0 Å². The number of furan rings is 2. The predicted octanol–water partition coefficient (Wildman–Crippen LogP) is 16.5. The van der Waals surface area contributed by atoms with Crippen molar-refractivity contribution in [2.75, 3.05) is 0 Å². The lowest BCUT2D eigenvalue weighted by Gasteiger charge is -2.16. The number of para-hydroxylation sites is 1. The molecule has 0 amide bonds.